The van der Waals surface area contributed by atoms with E-state index in [1.54, 1.807) is 18.5 Å². The van der Waals surface area contributed by atoms with Crippen molar-refractivity contribution >= 4 is 34.5 Å². The Morgan fingerprint density at radius 1 is 1.17 bits per heavy atom. The summed E-state index contributed by atoms with van der Waals surface area (Å²) in [5.74, 6) is -0.217. The van der Waals surface area contributed by atoms with Gasteiger partial charge in [0.15, 0.2) is 11.5 Å². The van der Waals surface area contributed by atoms with Gasteiger partial charge >= 0.3 is 5.97 Å². The summed E-state index contributed by atoms with van der Waals surface area (Å²) in [5, 5.41) is 15.4. The van der Waals surface area contributed by atoms with Crippen molar-refractivity contribution in [3.63, 3.8) is 0 Å². The van der Waals surface area contributed by atoms with Gasteiger partial charge in [-0.25, -0.2) is 19.8 Å². The van der Waals surface area contributed by atoms with Crippen molar-refractivity contribution in [3.05, 3.63) is 65.2 Å². The highest BCUT2D eigenvalue weighted by Gasteiger charge is 2.25. The van der Waals surface area contributed by atoms with Gasteiger partial charge in [0.05, 0.1) is 30.8 Å². The Kier molecular flexibility index (Phi) is 4.91. The first-order chi connectivity index (χ1) is 14.7. The van der Waals surface area contributed by atoms with Gasteiger partial charge in [0.1, 0.15) is 4.88 Å². The van der Waals surface area contributed by atoms with E-state index in [4.69, 9.17) is 9.72 Å². The first-order valence-corrected chi connectivity index (χ1v) is 10.4. The Hall–Kier alpha value is -3.27. The van der Waals surface area contributed by atoms with Gasteiger partial charge in [-0.1, -0.05) is 18.2 Å². The molecule has 4 aromatic rings. The number of nitrogens with zero attached hydrogens (tertiary/aromatic N) is 5. The number of ether oxygens (including phenoxy) is 1. The topological polar surface area (TPSA) is 83.2 Å². The summed E-state index contributed by atoms with van der Waals surface area (Å²) in [7, 11) is 0. The second-order valence-electron chi connectivity index (χ2n) is 6.81. The van der Waals surface area contributed by atoms with E-state index in [0.29, 0.717) is 29.6 Å². The number of carboxylic acid groups (broad SMARTS) is 1. The maximum absolute atomic E-state index is 11.3. The molecule has 3 aromatic heterocycles. The Balaban J connectivity index is 1.64. The number of benzene rings is 1. The van der Waals surface area contributed by atoms with Crippen LogP contribution in [0, 0.1) is 0 Å². The fourth-order valence-electron chi connectivity index (χ4n) is 3.59. The summed E-state index contributed by atoms with van der Waals surface area (Å²) in [6.07, 6.45) is 5.38. The smallest absolute Gasteiger partial charge is 0.345 e. The van der Waals surface area contributed by atoms with E-state index < -0.39 is 5.97 Å². The third-order valence-electron chi connectivity index (χ3n) is 4.99. The molecule has 4 heterocycles. The number of morpholine rings is 1. The molecule has 9 heteroatoms. The van der Waals surface area contributed by atoms with Gasteiger partial charge in [-0.05, 0) is 18.2 Å². The van der Waals surface area contributed by atoms with Crippen molar-refractivity contribution in [2.75, 3.05) is 31.3 Å². The molecule has 0 bridgehead atoms. The summed E-state index contributed by atoms with van der Waals surface area (Å²) in [6.45, 7) is 2.80. The first kappa shape index (κ1) is 18.7. The normalized spacial score (nSPS) is 14.8. The van der Waals surface area contributed by atoms with Gasteiger partial charge < -0.3 is 9.84 Å². The number of imidazole rings is 1. The lowest BCUT2D eigenvalue weighted by Crippen LogP contribution is -2.47. The molecule has 1 aliphatic rings. The minimum Gasteiger partial charge on any atom is -0.477 e. The highest BCUT2D eigenvalue weighted by Crippen LogP contribution is 2.33. The molecule has 1 aliphatic heterocycles. The van der Waals surface area contributed by atoms with Crippen LogP contribution in [0.1, 0.15) is 9.67 Å². The molecule has 5 rings (SSSR count). The Morgan fingerprint density at radius 3 is 2.70 bits per heavy atom. The molecule has 1 aromatic carbocycles. The Bertz CT molecular complexity index is 1180. The van der Waals surface area contributed by atoms with Gasteiger partial charge in [-0.15, -0.1) is 11.3 Å². The average molecular weight is 421 g/mol. The van der Waals surface area contributed by atoms with E-state index in [2.05, 4.69) is 15.0 Å². The Labute approximate surface area is 176 Å². The average Bonchev–Trinajstić information content (AvgIpc) is 3.46. The van der Waals surface area contributed by atoms with Crippen LogP contribution in [-0.4, -0.2) is 56.8 Å². The predicted octanol–water partition coefficient (Wildman–Crippen LogP) is 3.54. The molecule has 0 radical (unpaired) electrons. The molecule has 0 amide bonds. The summed E-state index contributed by atoms with van der Waals surface area (Å²) >= 11 is 1.20. The maximum atomic E-state index is 11.3. The van der Waals surface area contributed by atoms with Crippen molar-refractivity contribution < 1.29 is 14.6 Å². The quantitative estimate of drug-likeness (QED) is 0.528. The molecule has 0 unspecified atom stereocenters. The molecule has 30 heavy (non-hydrogen) atoms. The van der Waals surface area contributed by atoms with Crippen LogP contribution in [0.3, 0.4) is 0 Å². The van der Waals surface area contributed by atoms with E-state index in [0.717, 1.165) is 30.0 Å². The lowest BCUT2D eigenvalue weighted by Gasteiger charge is -2.38. The van der Waals surface area contributed by atoms with E-state index in [-0.39, 0.29) is 0 Å². The van der Waals surface area contributed by atoms with Gasteiger partial charge in [-0.2, -0.15) is 0 Å². The fraction of sp³-hybridized carbons (Fsp3) is 0.190. The third kappa shape index (κ3) is 3.32. The van der Waals surface area contributed by atoms with Crippen LogP contribution >= 0.6 is 11.3 Å². The predicted molar refractivity (Wildman–Crippen MR) is 114 cm³/mol. The van der Waals surface area contributed by atoms with Crippen LogP contribution < -0.4 is 5.01 Å². The highest BCUT2D eigenvalue weighted by molar-refractivity contribution is 7.12. The van der Waals surface area contributed by atoms with Crippen LogP contribution in [0.15, 0.2) is 60.4 Å². The standard InChI is InChI=1S/C21H19N5O3S/c27-21(28)18-12-15(14-30-18)17-13-23-20(19-22-6-7-25(17)19)26(16-4-2-1-3-5-16)24-8-10-29-11-9-24/h1-7,12-14H,8-11H2,(H,27,28). The number of rotatable bonds is 5. The van der Waals surface area contributed by atoms with Crippen LogP contribution in [-0.2, 0) is 4.74 Å². The molecule has 8 nitrogen and oxygen atoms in total. The summed E-state index contributed by atoms with van der Waals surface area (Å²) in [6, 6.07) is 11.7. The lowest BCUT2D eigenvalue weighted by molar-refractivity contribution is 0.0376. The molecule has 1 N–H and O–H groups in total. The van der Waals surface area contributed by atoms with Crippen molar-refractivity contribution in [1.82, 2.24) is 19.4 Å². The monoisotopic (exact) mass is 421 g/mol. The fourth-order valence-corrected chi connectivity index (χ4v) is 4.33. The number of aromatic carboxylic acids is 1. The molecule has 152 valence electrons. The number of hydrogen-bond acceptors (Lipinski definition) is 7. The first-order valence-electron chi connectivity index (χ1n) is 9.54. The van der Waals surface area contributed by atoms with E-state index in [1.807, 2.05) is 46.3 Å². The highest BCUT2D eigenvalue weighted by atomic mass is 32.1. The zero-order chi connectivity index (χ0) is 20.5. The minimum absolute atomic E-state index is 0.293. The number of para-hydroxylation sites is 1. The summed E-state index contributed by atoms with van der Waals surface area (Å²) in [5.41, 5.74) is 3.29. The number of fused-ring (bicyclic) bond motifs is 1. The largest absolute Gasteiger partial charge is 0.477 e. The van der Waals surface area contributed by atoms with Crippen LogP contribution in [0.2, 0.25) is 0 Å². The zero-order valence-electron chi connectivity index (χ0n) is 16.0. The number of aromatic nitrogens is 3. The molecule has 1 fully saturated rings. The van der Waals surface area contributed by atoms with Gasteiger partial charge in [0, 0.05) is 36.4 Å². The minimum atomic E-state index is -0.930. The lowest BCUT2D eigenvalue weighted by atomic mass is 10.2. The van der Waals surface area contributed by atoms with Crippen LogP contribution in [0.4, 0.5) is 11.5 Å². The molecule has 0 atom stereocenters. The molecular weight excluding hydrogens is 402 g/mol. The summed E-state index contributed by atoms with van der Waals surface area (Å²) < 4.78 is 7.49. The molecule has 0 saturated carbocycles. The Morgan fingerprint density at radius 2 is 1.97 bits per heavy atom. The van der Waals surface area contributed by atoms with Crippen LogP contribution in [0.25, 0.3) is 16.9 Å². The van der Waals surface area contributed by atoms with E-state index in [1.165, 1.54) is 11.3 Å². The zero-order valence-corrected chi connectivity index (χ0v) is 16.8. The van der Waals surface area contributed by atoms with Crippen molar-refractivity contribution in [1.29, 1.82) is 0 Å². The molecule has 0 spiro atoms. The molecule has 1 saturated heterocycles. The number of hydrazine groups is 1. The van der Waals surface area contributed by atoms with E-state index in [9.17, 15) is 9.90 Å². The van der Waals surface area contributed by atoms with Gasteiger partial charge in [-0.3, -0.25) is 9.41 Å². The van der Waals surface area contributed by atoms with E-state index >= 15 is 0 Å². The van der Waals surface area contributed by atoms with Crippen molar-refractivity contribution in [3.8, 4) is 11.3 Å². The number of hydrogen-bond donors (Lipinski definition) is 1. The van der Waals surface area contributed by atoms with Crippen LogP contribution in [0.5, 0.6) is 0 Å². The second kappa shape index (κ2) is 7.86. The van der Waals surface area contributed by atoms with Gasteiger partial charge in [0.25, 0.3) is 0 Å². The third-order valence-corrected chi connectivity index (χ3v) is 5.91. The van der Waals surface area contributed by atoms with Crippen molar-refractivity contribution in [2.45, 2.75) is 0 Å². The maximum Gasteiger partial charge on any atom is 0.345 e. The molecular formula is C21H19N5O3S. The van der Waals surface area contributed by atoms with Gasteiger partial charge in [0.2, 0.25) is 0 Å². The number of carbonyl (C=O) groups is 1. The summed E-state index contributed by atoms with van der Waals surface area (Å²) in [4.78, 5) is 20.9. The van der Waals surface area contributed by atoms with Crippen molar-refractivity contribution in [2.24, 2.45) is 0 Å². The number of thiophene rings is 1. The molecule has 0 aliphatic carbocycles. The number of carboxylic acids is 1. The number of anilines is 2. The SMILES string of the molecule is O=C(O)c1cc(-c2cnc(N(c3ccccc3)N3CCOCC3)c3nccn23)cs1. The second-order valence-corrected chi connectivity index (χ2v) is 7.72.